The van der Waals surface area contributed by atoms with Crippen molar-refractivity contribution in [1.82, 2.24) is 0 Å². The lowest BCUT2D eigenvalue weighted by molar-refractivity contribution is 0.102. The van der Waals surface area contributed by atoms with Gasteiger partial charge in [-0.2, -0.15) is 21.2 Å². The topological polar surface area (TPSA) is 195 Å². The van der Waals surface area contributed by atoms with E-state index in [2.05, 4.69) is 20.6 Å². The predicted octanol–water partition coefficient (Wildman–Crippen LogP) is 3.34. The fourth-order valence-electron chi connectivity index (χ4n) is 3.56. The summed E-state index contributed by atoms with van der Waals surface area (Å²) in [6.45, 7) is 0. The number of nitrogens with zero attached hydrogens (tertiary/aromatic N) is 2. The van der Waals surface area contributed by atoms with E-state index in [1.165, 1.54) is 24.3 Å². The molecule has 0 saturated heterocycles. The molecule has 1 amide bonds. The van der Waals surface area contributed by atoms with Crippen molar-refractivity contribution in [2.24, 2.45) is 9.98 Å². The Bertz CT molecular complexity index is 1760. The van der Waals surface area contributed by atoms with Crippen molar-refractivity contribution < 1.29 is 44.6 Å². The third-order valence-corrected chi connectivity index (χ3v) is 7.27. The Labute approximate surface area is 218 Å². The standard InChI is InChI=1S/C21H15ClF2N4O8S2/c22-21(24)9-25-20(23)28-19(21)26-11-3-1-2-10(6-11)18(30)27-14-4-5-16(38(34,35)36)13-7-12(37(31,32)33)8-15(29)17(13)14/h1-9,19,26,29H,(H,27,30)(H,31,32,33)(H,34,35,36). The van der Waals surface area contributed by atoms with Crippen LogP contribution in [0.1, 0.15) is 10.4 Å². The van der Waals surface area contributed by atoms with Crippen LogP contribution < -0.4 is 10.6 Å². The number of carbonyl (C=O) groups excluding carboxylic acids is 1. The molecule has 12 nitrogen and oxygen atoms in total. The lowest BCUT2D eigenvalue weighted by Crippen LogP contribution is -2.41. The maximum Gasteiger partial charge on any atom is 0.306 e. The molecule has 2 unspecified atom stereocenters. The number of benzene rings is 3. The number of alkyl halides is 2. The van der Waals surface area contributed by atoms with Crippen LogP contribution in [0.25, 0.3) is 10.8 Å². The van der Waals surface area contributed by atoms with Crippen LogP contribution in [-0.2, 0) is 20.2 Å². The monoisotopic (exact) mass is 588 g/mol. The first kappa shape index (κ1) is 27.3. The van der Waals surface area contributed by atoms with Gasteiger partial charge < -0.3 is 15.7 Å². The van der Waals surface area contributed by atoms with E-state index in [1.54, 1.807) is 0 Å². The van der Waals surface area contributed by atoms with Gasteiger partial charge >= 0.3 is 6.09 Å². The van der Waals surface area contributed by atoms with Crippen LogP contribution in [0.4, 0.5) is 20.2 Å². The molecular weight excluding hydrogens is 574 g/mol. The highest BCUT2D eigenvalue weighted by atomic mass is 35.5. The lowest BCUT2D eigenvalue weighted by atomic mass is 10.1. The quantitative estimate of drug-likeness (QED) is 0.163. The highest BCUT2D eigenvalue weighted by molar-refractivity contribution is 7.86. The number of aromatic hydroxyl groups is 1. The number of nitrogens with one attached hydrogen (secondary N) is 2. The smallest absolute Gasteiger partial charge is 0.306 e. The number of phenolic OH excluding ortho intramolecular Hbond substituents is 1. The van der Waals surface area contributed by atoms with Crippen molar-refractivity contribution >= 4 is 72.2 Å². The molecule has 200 valence electrons. The van der Waals surface area contributed by atoms with Crippen molar-refractivity contribution in [2.75, 3.05) is 10.6 Å². The fraction of sp³-hybridized carbons (Fsp3) is 0.0952. The van der Waals surface area contributed by atoms with Gasteiger partial charge in [0.15, 0.2) is 6.17 Å². The molecule has 2 atom stereocenters. The Hall–Kier alpha value is -3.70. The van der Waals surface area contributed by atoms with E-state index in [0.717, 1.165) is 12.1 Å². The minimum Gasteiger partial charge on any atom is -0.507 e. The maximum absolute atomic E-state index is 14.4. The third-order valence-electron chi connectivity index (χ3n) is 5.22. The van der Waals surface area contributed by atoms with E-state index in [1.807, 2.05) is 0 Å². The van der Waals surface area contributed by atoms with Crippen LogP contribution in [0.5, 0.6) is 5.75 Å². The molecule has 0 saturated carbocycles. The lowest BCUT2D eigenvalue weighted by Gasteiger charge is -2.25. The molecule has 3 aromatic carbocycles. The highest BCUT2D eigenvalue weighted by Crippen LogP contribution is 2.38. The van der Waals surface area contributed by atoms with Crippen molar-refractivity contribution in [3.05, 3.63) is 54.1 Å². The largest absolute Gasteiger partial charge is 0.507 e. The summed E-state index contributed by atoms with van der Waals surface area (Å²) in [4.78, 5) is 17.7. The van der Waals surface area contributed by atoms with Gasteiger partial charge in [0.2, 0.25) is 0 Å². The molecule has 1 aliphatic rings. The number of amidine groups is 1. The number of phenols is 1. The summed E-state index contributed by atoms with van der Waals surface area (Å²) in [6, 6.07) is 8.54. The summed E-state index contributed by atoms with van der Waals surface area (Å²) in [5.74, 6) is -1.67. The van der Waals surface area contributed by atoms with Crippen molar-refractivity contribution in [3.8, 4) is 5.75 Å². The molecule has 0 aromatic heterocycles. The first-order chi connectivity index (χ1) is 17.6. The van der Waals surface area contributed by atoms with Crippen molar-refractivity contribution in [2.45, 2.75) is 21.1 Å². The zero-order valence-electron chi connectivity index (χ0n) is 18.5. The molecule has 3 aromatic rings. The molecule has 17 heteroatoms. The Balaban J connectivity index is 1.72. The van der Waals surface area contributed by atoms with Gasteiger partial charge in [0.1, 0.15) is 10.6 Å². The highest BCUT2D eigenvalue weighted by Gasteiger charge is 2.39. The second-order valence-electron chi connectivity index (χ2n) is 7.84. The van der Waals surface area contributed by atoms with Gasteiger partial charge in [0, 0.05) is 28.1 Å². The average Bonchev–Trinajstić information content (AvgIpc) is 2.80. The molecule has 0 radical (unpaired) electrons. The predicted molar refractivity (Wildman–Crippen MR) is 134 cm³/mol. The minimum absolute atomic E-state index is 0.0518. The van der Waals surface area contributed by atoms with Crippen LogP contribution in [0.3, 0.4) is 0 Å². The van der Waals surface area contributed by atoms with E-state index in [9.17, 15) is 44.6 Å². The number of carbonyl (C=O) groups is 1. The van der Waals surface area contributed by atoms with E-state index >= 15 is 0 Å². The minimum atomic E-state index is -4.94. The number of hydrogen-bond acceptors (Lipinski definition) is 9. The number of amides is 1. The van der Waals surface area contributed by atoms with Gasteiger partial charge in [-0.25, -0.2) is 14.4 Å². The van der Waals surface area contributed by atoms with Gasteiger partial charge in [0.05, 0.1) is 16.8 Å². The van der Waals surface area contributed by atoms with Crippen LogP contribution in [0, 0.1) is 0 Å². The number of halogens is 3. The van der Waals surface area contributed by atoms with Gasteiger partial charge in [0.25, 0.3) is 31.3 Å². The van der Waals surface area contributed by atoms with Gasteiger partial charge in [-0.1, -0.05) is 17.7 Å². The first-order valence-corrected chi connectivity index (χ1v) is 13.4. The first-order valence-electron chi connectivity index (χ1n) is 10.2. The molecule has 5 N–H and O–H groups in total. The van der Waals surface area contributed by atoms with E-state index in [-0.39, 0.29) is 22.3 Å². The zero-order valence-corrected chi connectivity index (χ0v) is 20.9. The van der Waals surface area contributed by atoms with Crippen LogP contribution in [-0.4, -0.2) is 60.6 Å². The number of hydrogen-bond donors (Lipinski definition) is 5. The van der Waals surface area contributed by atoms with E-state index < -0.39 is 64.5 Å². The molecule has 0 bridgehead atoms. The molecule has 1 aliphatic heterocycles. The Kier molecular flexibility index (Phi) is 6.87. The second-order valence-corrected chi connectivity index (χ2v) is 11.2. The summed E-state index contributed by atoms with van der Waals surface area (Å²) < 4.78 is 93.5. The van der Waals surface area contributed by atoms with Crippen LogP contribution in [0.15, 0.2) is 68.3 Å². The molecule has 38 heavy (non-hydrogen) atoms. The molecular formula is C21H15ClF2N4O8S2. The average molecular weight is 589 g/mol. The summed E-state index contributed by atoms with van der Waals surface area (Å²) in [5, 5.41) is 11.8. The summed E-state index contributed by atoms with van der Waals surface area (Å²) in [7, 11) is -9.83. The normalized spacial score (nSPS) is 19.7. The summed E-state index contributed by atoms with van der Waals surface area (Å²) in [5.41, 5.74) is -0.151. The number of aliphatic imine (C=N–C) groups is 2. The third kappa shape index (κ3) is 5.58. The van der Waals surface area contributed by atoms with Crippen LogP contribution >= 0.6 is 11.6 Å². The van der Waals surface area contributed by atoms with Gasteiger partial charge in [-0.05, 0) is 36.4 Å². The molecule has 0 spiro atoms. The fourth-order valence-corrected chi connectivity index (χ4v) is 4.91. The maximum atomic E-state index is 14.4. The SMILES string of the molecule is O=C(Nc1ccc(S(=O)(=O)O)c2cc(S(=O)(=O)O)cc(O)c12)c1cccc(NC2N=C(F)N=CC2(F)Cl)c1. The zero-order chi connectivity index (χ0) is 28.0. The van der Waals surface area contributed by atoms with E-state index in [0.29, 0.717) is 18.3 Å². The molecule has 0 aliphatic carbocycles. The van der Waals surface area contributed by atoms with Crippen molar-refractivity contribution in [3.63, 3.8) is 0 Å². The second kappa shape index (κ2) is 9.55. The Morgan fingerprint density at radius 2 is 1.76 bits per heavy atom. The van der Waals surface area contributed by atoms with Crippen LogP contribution in [0.2, 0.25) is 0 Å². The van der Waals surface area contributed by atoms with Gasteiger partial charge in [-0.15, -0.1) is 0 Å². The molecule has 1 heterocycles. The number of rotatable bonds is 6. The number of fused-ring (bicyclic) bond motifs is 1. The summed E-state index contributed by atoms with van der Waals surface area (Å²) >= 11 is 5.65. The molecule has 0 fully saturated rings. The molecule has 4 rings (SSSR count). The number of anilines is 2. The Morgan fingerprint density at radius 3 is 2.42 bits per heavy atom. The summed E-state index contributed by atoms with van der Waals surface area (Å²) in [6.07, 6.45) is -2.32. The van der Waals surface area contributed by atoms with E-state index in [4.69, 9.17) is 11.6 Å². The van der Waals surface area contributed by atoms with Gasteiger partial charge in [-0.3, -0.25) is 13.9 Å². The Morgan fingerprint density at radius 1 is 1.05 bits per heavy atom. The van der Waals surface area contributed by atoms with Crippen molar-refractivity contribution in [1.29, 1.82) is 0 Å².